The van der Waals surface area contributed by atoms with Crippen molar-refractivity contribution in [3.63, 3.8) is 0 Å². The van der Waals surface area contributed by atoms with Crippen molar-refractivity contribution < 1.29 is 23.2 Å². The third kappa shape index (κ3) is 5.91. The number of sulfonamides is 1. The Morgan fingerprint density at radius 3 is 2.83 bits per heavy atom. The van der Waals surface area contributed by atoms with Gasteiger partial charge in [-0.1, -0.05) is 24.3 Å². The van der Waals surface area contributed by atoms with Gasteiger partial charge >= 0.3 is 5.97 Å². The number of carboxylic acid groups (broad SMARTS) is 1. The molecule has 0 aromatic heterocycles. The standard InChI is InChI=1S/C21H26N2O6S/c24-21(25)8-3-1-2-6-17-11-16-13-19(17)20(14-16)22-30(28,29)10-9-15-5-4-7-18(12-15)23(26)27/h2,4-7,12,16-17,22H,1,3,8-11,13-14H2,(H,24,25). The molecule has 1 aromatic carbocycles. The van der Waals surface area contributed by atoms with E-state index in [2.05, 4.69) is 10.8 Å². The van der Waals surface area contributed by atoms with Crippen molar-refractivity contribution in [2.45, 2.75) is 44.9 Å². The van der Waals surface area contributed by atoms with Gasteiger partial charge in [0.2, 0.25) is 10.0 Å². The van der Waals surface area contributed by atoms with E-state index in [1.165, 1.54) is 12.1 Å². The lowest BCUT2D eigenvalue weighted by atomic mass is 9.93. The number of hydrogen-bond acceptors (Lipinski definition) is 5. The number of rotatable bonds is 11. The molecule has 2 N–H and O–H groups in total. The second-order valence-corrected chi connectivity index (χ2v) is 9.77. The lowest BCUT2D eigenvalue weighted by Gasteiger charge is -2.19. The molecule has 0 saturated heterocycles. The third-order valence-electron chi connectivity index (χ3n) is 5.61. The number of benzene rings is 1. The molecule has 0 spiro atoms. The number of nitro groups is 1. The zero-order valence-corrected chi connectivity index (χ0v) is 17.4. The van der Waals surface area contributed by atoms with E-state index in [-0.39, 0.29) is 30.2 Å². The Bertz CT molecular complexity index is 983. The highest BCUT2D eigenvalue weighted by Gasteiger charge is 2.37. The normalized spacial score (nSPS) is 20.8. The van der Waals surface area contributed by atoms with Gasteiger partial charge in [-0.25, -0.2) is 8.42 Å². The molecular formula is C21H26N2O6S. The van der Waals surface area contributed by atoms with Crippen LogP contribution in [0.5, 0.6) is 0 Å². The van der Waals surface area contributed by atoms with Gasteiger partial charge < -0.3 is 5.11 Å². The van der Waals surface area contributed by atoms with Crippen LogP contribution in [0.2, 0.25) is 0 Å². The molecule has 30 heavy (non-hydrogen) atoms. The molecule has 0 amide bonds. The highest BCUT2D eigenvalue weighted by atomic mass is 32.2. The number of carbonyl (C=O) groups is 1. The number of nitrogens with one attached hydrogen (secondary N) is 1. The Morgan fingerprint density at radius 1 is 1.33 bits per heavy atom. The highest BCUT2D eigenvalue weighted by Crippen LogP contribution is 2.47. The Hall–Kier alpha value is -2.68. The highest BCUT2D eigenvalue weighted by molar-refractivity contribution is 7.89. The molecule has 9 heteroatoms. The fraction of sp³-hybridized carbons (Fsp3) is 0.476. The lowest BCUT2D eigenvalue weighted by molar-refractivity contribution is -0.384. The van der Waals surface area contributed by atoms with Crippen molar-refractivity contribution in [2.24, 2.45) is 11.8 Å². The smallest absolute Gasteiger partial charge is 0.303 e. The Balaban J connectivity index is 1.57. The first-order chi connectivity index (χ1) is 14.2. The summed E-state index contributed by atoms with van der Waals surface area (Å²) < 4.78 is 27.9. The molecule has 0 heterocycles. The topological polar surface area (TPSA) is 127 Å². The van der Waals surface area contributed by atoms with Crippen LogP contribution in [0.3, 0.4) is 0 Å². The monoisotopic (exact) mass is 434 g/mol. The zero-order chi connectivity index (χ0) is 21.7. The molecule has 2 aliphatic rings. The Morgan fingerprint density at radius 2 is 2.13 bits per heavy atom. The first-order valence-electron chi connectivity index (χ1n) is 10.1. The summed E-state index contributed by atoms with van der Waals surface area (Å²) in [6, 6.07) is 6.03. The number of aliphatic carboxylic acids is 1. The first-order valence-corrected chi connectivity index (χ1v) is 11.7. The van der Waals surface area contributed by atoms with Crippen molar-refractivity contribution in [1.29, 1.82) is 0 Å². The van der Waals surface area contributed by atoms with Gasteiger partial charge in [-0.05, 0) is 55.6 Å². The molecule has 1 fully saturated rings. The average Bonchev–Trinajstić information content (AvgIpc) is 3.25. The van der Waals surface area contributed by atoms with Crippen LogP contribution in [0.15, 0.2) is 47.7 Å². The summed E-state index contributed by atoms with van der Waals surface area (Å²) in [5.41, 5.74) is 2.48. The van der Waals surface area contributed by atoms with E-state index >= 15 is 0 Å². The number of unbranched alkanes of at least 4 members (excludes halogenated alkanes) is 1. The van der Waals surface area contributed by atoms with Crippen LogP contribution in [0, 0.1) is 22.0 Å². The first kappa shape index (κ1) is 22.0. The summed E-state index contributed by atoms with van der Waals surface area (Å²) in [6.45, 7) is 0. The number of nitro benzene ring substituents is 1. The summed E-state index contributed by atoms with van der Waals surface area (Å²) in [5, 5.41) is 19.5. The molecule has 2 bridgehead atoms. The van der Waals surface area contributed by atoms with Gasteiger partial charge in [0.1, 0.15) is 0 Å². The van der Waals surface area contributed by atoms with E-state index in [4.69, 9.17) is 5.11 Å². The minimum atomic E-state index is -3.55. The molecule has 2 aliphatic carbocycles. The predicted octanol–water partition coefficient (Wildman–Crippen LogP) is 3.55. The maximum absolute atomic E-state index is 12.6. The summed E-state index contributed by atoms with van der Waals surface area (Å²) in [6.07, 6.45) is 8.35. The Labute approximate surface area is 175 Å². The lowest BCUT2D eigenvalue weighted by Crippen LogP contribution is -2.28. The average molecular weight is 435 g/mol. The van der Waals surface area contributed by atoms with E-state index < -0.39 is 20.9 Å². The van der Waals surface area contributed by atoms with Gasteiger partial charge in [0.25, 0.3) is 5.69 Å². The molecule has 0 aliphatic heterocycles. The molecule has 3 rings (SSSR count). The van der Waals surface area contributed by atoms with Gasteiger partial charge in [-0.3, -0.25) is 19.6 Å². The van der Waals surface area contributed by atoms with E-state index in [0.717, 1.165) is 30.5 Å². The van der Waals surface area contributed by atoms with E-state index in [1.54, 1.807) is 12.1 Å². The second kappa shape index (κ2) is 9.42. The molecule has 2 atom stereocenters. The summed E-state index contributed by atoms with van der Waals surface area (Å²) in [7, 11) is -3.55. The van der Waals surface area contributed by atoms with Gasteiger partial charge in [0, 0.05) is 30.2 Å². The zero-order valence-electron chi connectivity index (χ0n) is 16.6. The van der Waals surface area contributed by atoms with Crippen LogP contribution in [-0.4, -0.2) is 30.2 Å². The van der Waals surface area contributed by atoms with Crippen molar-refractivity contribution in [3.05, 3.63) is 63.4 Å². The molecule has 162 valence electrons. The summed E-state index contributed by atoms with van der Waals surface area (Å²) in [4.78, 5) is 20.9. The molecule has 2 unspecified atom stereocenters. The van der Waals surface area contributed by atoms with E-state index in [1.807, 2.05) is 6.08 Å². The van der Waals surface area contributed by atoms with Crippen LogP contribution in [0.25, 0.3) is 0 Å². The van der Waals surface area contributed by atoms with Crippen LogP contribution in [-0.2, 0) is 21.2 Å². The molecule has 0 radical (unpaired) electrons. The van der Waals surface area contributed by atoms with Gasteiger partial charge in [0.15, 0.2) is 0 Å². The molecule has 8 nitrogen and oxygen atoms in total. The van der Waals surface area contributed by atoms with Gasteiger partial charge in [-0.2, -0.15) is 0 Å². The fourth-order valence-corrected chi connectivity index (χ4v) is 5.42. The van der Waals surface area contributed by atoms with Crippen molar-refractivity contribution in [1.82, 2.24) is 4.72 Å². The maximum atomic E-state index is 12.6. The predicted molar refractivity (Wildman–Crippen MR) is 112 cm³/mol. The van der Waals surface area contributed by atoms with Gasteiger partial charge in [-0.15, -0.1) is 0 Å². The number of fused-ring (bicyclic) bond motifs is 2. The van der Waals surface area contributed by atoms with Crippen molar-refractivity contribution in [3.8, 4) is 0 Å². The number of aryl methyl sites for hydroxylation is 1. The summed E-state index contributed by atoms with van der Waals surface area (Å²) >= 11 is 0. The number of nitrogens with zero attached hydrogens (tertiary/aromatic N) is 1. The fourth-order valence-electron chi connectivity index (χ4n) is 4.22. The minimum absolute atomic E-state index is 0.0473. The maximum Gasteiger partial charge on any atom is 0.303 e. The Kier molecular flexibility index (Phi) is 6.91. The SMILES string of the molecule is O=C(O)CCCC=CC1CC2CC(NS(=O)(=O)CCc3cccc([N+](=O)[O-])c3)=C1C2. The number of carboxylic acids is 1. The van der Waals surface area contributed by atoms with E-state index in [9.17, 15) is 23.3 Å². The van der Waals surface area contributed by atoms with Crippen LogP contribution in [0.1, 0.15) is 44.1 Å². The minimum Gasteiger partial charge on any atom is -0.481 e. The van der Waals surface area contributed by atoms with E-state index in [0.29, 0.717) is 24.3 Å². The largest absolute Gasteiger partial charge is 0.481 e. The summed E-state index contributed by atoms with van der Waals surface area (Å²) in [5.74, 6) is -0.273. The van der Waals surface area contributed by atoms with Gasteiger partial charge in [0.05, 0.1) is 10.7 Å². The number of allylic oxidation sites excluding steroid dienone is 4. The number of hydrogen-bond donors (Lipinski definition) is 2. The molecule has 1 aromatic rings. The third-order valence-corrected chi connectivity index (χ3v) is 6.91. The number of non-ortho nitro benzene ring substituents is 1. The van der Waals surface area contributed by atoms with Crippen LogP contribution in [0.4, 0.5) is 5.69 Å². The van der Waals surface area contributed by atoms with Crippen LogP contribution >= 0.6 is 0 Å². The second-order valence-electron chi connectivity index (χ2n) is 7.93. The van der Waals surface area contributed by atoms with Crippen LogP contribution < -0.4 is 4.72 Å². The molecular weight excluding hydrogens is 408 g/mol. The quantitative estimate of drug-likeness (QED) is 0.237. The molecule has 1 saturated carbocycles. The van der Waals surface area contributed by atoms with Crippen molar-refractivity contribution in [2.75, 3.05) is 5.75 Å². The van der Waals surface area contributed by atoms with Crippen molar-refractivity contribution >= 4 is 21.7 Å².